The van der Waals surface area contributed by atoms with Crippen molar-refractivity contribution in [2.75, 3.05) is 5.32 Å². The van der Waals surface area contributed by atoms with Gasteiger partial charge in [0.05, 0.1) is 23.8 Å². The standard InChI is InChI=1S/C46H37FN6O4/c47-33-25-34-42(52-53(44(34)48-27-33)46(30-11-4-1-5-12-30,31-13-6-2-7-14-31)32-15-8-3-9-16-32)43-49-35(36-22-23-38(57-36)37-17-10-24-56-37)26-39(51-43)50-41-29-20-18-28(19-21-29)40(41)45(54)55/h1-17,22-29,40-41H,18-21H2,(H,54,55)(H,49,50,51). The summed E-state index contributed by atoms with van der Waals surface area (Å²) in [6, 6.07) is 40.2. The third-order valence-electron chi connectivity index (χ3n) is 11.8. The number of hydrogen-bond donors (Lipinski definition) is 2. The van der Waals surface area contributed by atoms with Crippen molar-refractivity contribution in [2.45, 2.75) is 37.3 Å². The molecule has 282 valence electrons. The molecule has 5 heterocycles. The summed E-state index contributed by atoms with van der Waals surface area (Å²) in [5.74, 6) is 0.469. The Bertz CT molecular complexity index is 2590. The van der Waals surface area contributed by atoms with E-state index >= 15 is 4.39 Å². The van der Waals surface area contributed by atoms with Crippen molar-refractivity contribution >= 4 is 22.8 Å². The second kappa shape index (κ2) is 14.0. The average molecular weight is 757 g/mol. The molecule has 0 amide bonds. The van der Waals surface area contributed by atoms with Crippen LogP contribution in [0.2, 0.25) is 0 Å². The van der Waals surface area contributed by atoms with E-state index in [0.29, 0.717) is 45.5 Å². The first-order valence-electron chi connectivity index (χ1n) is 19.2. The van der Waals surface area contributed by atoms with Gasteiger partial charge in [-0.2, -0.15) is 5.10 Å². The Morgan fingerprint density at radius 3 is 2.00 bits per heavy atom. The summed E-state index contributed by atoms with van der Waals surface area (Å²) in [6.45, 7) is 0. The van der Waals surface area contributed by atoms with Gasteiger partial charge < -0.3 is 19.3 Å². The van der Waals surface area contributed by atoms with Gasteiger partial charge in [0, 0.05) is 12.1 Å². The van der Waals surface area contributed by atoms with Crippen molar-refractivity contribution in [2.24, 2.45) is 17.8 Å². The van der Waals surface area contributed by atoms with E-state index in [1.54, 1.807) is 30.5 Å². The van der Waals surface area contributed by atoms with Crippen molar-refractivity contribution < 1.29 is 23.1 Å². The maximum atomic E-state index is 15.4. The molecule has 3 aliphatic carbocycles. The average Bonchev–Trinajstić information content (AvgIpc) is 4.04. The first-order valence-corrected chi connectivity index (χ1v) is 19.2. The summed E-state index contributed by atoms with van der Waals surface area (Å²) in [7, 11) is 0. The van der Waals surface area contributed by atoms with Gasteiger partial charge in [0.1, 0.15) is 28.6 Å². The van der Waals surface area contributed by atoms with Crippen LogP contribution in [0.3, 0.4) is 0 Å². The number of halogens is 1. The molecule has 3 aliphatic rings. The molecule has 3 aromatic carbocycles. The van der Waals surface area contributed by atoms with Crippen molar-refractivity contribution in [3.05, 3.63) is 162 Å². The fraction of sp³-hybridized carbons (Fsp3) is 0.196. The second-order valence-electron chi connectivity index (χ2n) is 14.9. The number of hydrogen-bond acceptors (Lipinski definition) is 8. The fourth-order valence-corrected chi connectivity index (χ4v) is 9.24. The van der Waals surface area contributed by atoms with E-state index in [4.69, 9.17) is 28.9 Å². The summed E-state index contributed by atoms with van der Waals surface area (Å²) in [5.41, 5.74) is 2.81. The van der Waals surface area contributed by atoms with E-state index in [1.807, 2.05) is 65.3 Å². The molecule has 8 aromatic rings. The van der Waals surface area contributed by atoms with Crippen LogP contribution in [0, 0.1) is 23.6 Å². The number of nitrogens with one attached hydrogen (secondary N) is 1. The number of aromatic nitrogens is 5. The number of anilines is 1. The Labute approximate surface area is 327 Å². The van der Waals surface area contributed by atoms with E-state index in [1.165, 1.54) is 12.3 Å². The molecular formula is C46H37FN6O4. The van der Waals surface area contributed by atoms with Crippen LogP contribution in [-0.4, -0.2) is 41.9 Å². The summed E-state index contributed by atoms with van der Waals surface area (Å²) in [4.78, 5) is 27.5. The molecule has 2 atom stereocenters. The zero-order valence-electron chi connectivity index (χ0n) is 30.7. The number of pyridine rings is 1. The van der Waals surface area contributed by atoms with Crippen molar-refractivity contribution in [3.63, 3.8) is 0 Å². The Balaban J connectivity index is 1.22. The van der Waals surface area contributed by atoms with E-state index in [9.17, 15) is 9.90 Å². The van der Waals surface area contributed by atoms with Crippen molar-refractivity contribution in [1.82, 2.24) is 24.7 Å². The van der Waals surface area contributed by atoms with E-state index in [2.05, 4.69) is 41.7 Å². The zero-order chi connectivity index (χ0) is 38.5. The first kappa shape index (κ1) is 34.6. The van der Waals surface area contributed by atoms with E-state index in [-0.39, 0.29) is 23.7 Å². The number of carboxylic acids is 1. The van der Waals surface area contributed by atoms with Gasteiger partial charge >= 0.3 is 5.97 Å². The molecule has 2 unspecified atom stereocenters. The molecule has 2 bridgehead atoms. The van der Waals surface area contributed by atoms with Crippen LogP contribution < -0.4 is 5.32 Å². The smallest absolute Gasteiger partial charge is 0.308 e. The number of carboxylic acid groups (broad SMARTS) is 1. The van der Waals surface area contributed by atoms with Gasteiger partial charge in [-0.05, 0) is 84.5 Å². The number of nitrogens with zero attached hydrogens (tertiary/aromatic N) is 5. The van der Waals surface area contributed by atoms with Crippen LogP contribution >= 0.6 is 0 Å². The molecule has 3 saturated carbocycles. The SMILES string of the molecule is O=C(O)C1C2CCC(CC2)C1Nc1cc(-c2ccc(-c3ccco3)o2)nc(-c2nn(C(c3ccccc3)(c3ccccc3)c3ccccc3)c3ncc(F)cc23)n1. The van der Waals surface area contributed by atoms with Crippen LogP contribution in [0.15, 0.2) is 149 Å². The maximum absolute atomic E-state index is 15.4. The highest BCUT2D eigenvalue weighted by Crippen LogP contribution is 2.47. The highest BCUT2D eigenvalue weighted by Gasteiger charge is 2.48. The highest BCUT2D eigenvalue weighted by atomic mass is 19.1. The third-order valence-corrected chi connectivity index (χ3v) is 11.8. The minimum Gasteiger partial charge on any atom is -0.481 e. The Kier molecular flexibility index (Phi) is 8.50. The second-order valence-corrected chi connectivity index (χ2v) is 14.9. The Morgan fingerprint density at radius 1 is 0.754 bits per heavy atom. The highest BCUT2D eigenvalue weighted by molar-refractivity contribution is 5.90. The van der Waals surface area contributed by atoms with Crippen LogP contribution in [0.25, 0.3) is 45.5 Å². The van der Waals surface area contributed by atoms with Crippen LogP contribution in [0.5, 0.6) is 0 Å². The van der Waals surface area contributed by atoms with Gasteiger partial charge in [0.2, 0.25) is 0 Å². The monoisotopic (exact) mass is 756 g/mol. The number of furan rings is 2. The number of fused-ring (bicyclic) bond motifs is 4. The molecule has 10 nitrogen and oxygen atoms in total. The topological polar surface area (TPSA) is 132 Å². The molecule has 57 heavy (non-hydrogen) atoms. The van der Waals surface area contributed by atoms with Crippen molar-refractivity contribution in [1.29, 1.82) is 0 Å². The molecule has 5 aromatic heterocycles. The predicted molar refractivity (Wildman–Crippen MR) is 213 cm³/mol. The van der Waals surface area contributed by atoms with Gasteiger partial charge in [-0.3, -0.25) is 4.79 Å². The summed E-state index contributed by atoms with van der Waals surface area (Å²) < 4.78 is 29.2. The molecule has 0 radical (unpaired) electrons. The fourth-order valence-electron chi connectivity index (χ4n) is 9.24. The summed E-state index contributed by atoms with van der Waals surface area (Å²) in [6.07, 6.45) is 6.47. The number of benzene rings is 3. The van der Waals surface area contributed by atoms with Gasteiger partial charge in [0.25, 0.3) is 0 Å². The van der Waals surface area contributed by atoms with Crippen LogP contribution in [-0.2, 0) is 10.3 Å². The van der Waals surface area contributed by atoms with Crippen LogP contribution in [0.1, 0.15) is 42.4 Å². The normalized spacial score (nSPS) is 19.2. The predicted octanol–water partition coefficient (Wildman–Crippen LogP) is 9.69. The third kappa shape index (κ3) is 5.89. The lowest BCUT2D eigenvalue weighted by atomic mass is 9.61. The van der Waals surface area contributed by atoms with E-state index < -0.39 is 23.2 Å². The van der Waals surface area contributed by atoms with Crippen molar-refractivity contribution in [3.8, 4) is 34.5 Å². The largest absolute Gasteiger partial charge is 0.481 e. The Morgan fingerprint density at radius 2 is 1.39 bits per heavy atom. The van der Waals surface area contributed by atoms with Crippen LogP contribution in [0.4, 0.5) is 10.2 Å². The minimum atomic E-state index is -1.07. The van der Waals surface area contributed by atoms with E-state index in [0.717, 1.165) is 42.4 Å². The van der Waals surface area contributed by atoms with Gasteiger partial charge in [0.15, 0.2) is 28.8 Å². The maximum Gasteiger partial charge on any atom is 0.308 e. The molecule has 2 N–H and O–H groups in total. The first-order chi connectivity index (χ1) is 28.0. The van der Waals surface area contributed by atoms with Gasteiger partial charge in [-0.25, -0.2) is 24.0 Å². The molecule has 3 fully saturated rings. The lowest BCUT2D eigenvalue weighted by molar-refractivity contribution is -0.148. The van der Waals surface area contributed by atoms with Gasteiger partial charge in [-0.15, -0.1) is 0 Å². The number of aliphatic carboxylic acids is 1. The lowest BCUT2D eigenvalue weighted by Crippen LogP contribution is -2.51. The number of rotatable bonds is 10. The number of carbonyl (C=O) groups is 1. The molecular weight excluding hydrogens is 720 g/mol. The molecule has 0 aliphatic heterocycles. The minimum absolute atomic E-state index is 0.0856. The molecule has 0 spiro atoms. The molecule has 0 saturated heterocycles. The summed E-state index contributed by atoms with van der Waals surface area (Å²) in [5, 5.41) is 19.7. The molecule has 11 rings (SSSR count). The zero-order valence-corrected chi connectivity index (χ0v) is 30.7. The lowest BCUT2D eigenvalue weighted by Gasteiger charge is -2.47. The Hall–Kier alpha value is -6.88. The van der Waals surface area contributed by atoms with Gasteiger partial charge in [-0.1, -0.05) is 91.0 Å². The quantitative estimate of drug-likeness (QED) is 0.131. The molecule has 11 heteroatoms. The summed E-state index contributed by atoms with van der Waals surface area (Å²) >= 11 is 0.